The maximum absolute atomic E-state index is 12.4. The quantitative estimate of drug-likeness (QED) is 0.731. The molecule has 1 aromatic carbocycles. The van der Waals surface area contributed by atoms with Gasteiger partial charge in [-0.2, -0.15) is 0 Å². The van der Waals surface area contributed by atoms with Crippen LogP contribution in [0.2, 0.25) is 0 Å². The molecule has 0 unspecified atom stereocenters. The van der Waals surface area contributed by atoms with Crippen molar-refractivity contribution in [3.05, 3.63) is 65.6 Å². The van der Waals surface area contributed by atoms with Crippen molar-refractivity contribution in [2.45, 2.75) is 6.92 Å². The first kappa shape index (κ1) is 12.9. The zero-order valence-electron chi connectivity index (χ0n) is 11.5. The minimum absolute atomic E-state index is 0.217. The van der Waals surface area contributed by atoms with Gasteiger partial charge in [0.25, 0.3) is 5.91 Å². The second-order valence-electron chi connectivity index (χ2n) is 4.70. The van der Waals surface area contributed by atoms with Crippen LogP contribution < -0.4 is 5.32 Å². The summed E-state index contributed by atoms with van der Waals surface area (Å²) in [6.45, 7) is 1.92. The third-order valence-corrected chi connectivity index (χ3v) is 3.30. The summed E-state index contributed by atoms with van der Waals surface area (Å²) >= 11 is 0. The first-order valence-corrected chi connectivity index (χ1v) is 6.50. The monoisotopic (exact) mass is 275 g/mol. The van der Waals surface area contributed by atoms with Crippen molar-refractivity contribution >= 4 is 17.2 Å². The summed E-state index contributed by atoms with van der Waals surface area (Å²) in [5.74, 6) is 2.35. The second kappa shape index (κ2) is 5.14. The maximum atomic E-state index is 12.4. The Morgan fingerprint density at radius 2 is 2.19 bits per heavy atom. The van der Waals surface area contributed by atoms with Crippen LogP contribution >= 0.6 is 0 Å². The summed E-state index contributed by atoms with van der Waals surface area (Å²) in [5, 5.41) is 2.88. The van der Waals surface area contributed by atoms with Crippen molar-refractivity contribution in [3.63, 3.8) is 0 Å². The number of anilines is 1. The lowest BCUT2D eigenvalue weighted by Crippen LogP contribution is -2.15. The number of hydrogen-bond donors (Lipinski definition) is 1. The molecule has 0 aliphatic rings. The van der Waals surface area contributed by atoms with Crippen molar-refractivity contribution in [3.8, 4) is 12.3 Å². The van der Waals surface area contributed by atoms with Gasteiger partial charge in [-0.25, -0.2) is 4.98 Å². The molecule has 2 heterocycles. The third-order valence-electron chi connectivity index (χ3n) is 3.30. The summed E-state index contributed by atoms with van der Waals surface area (Å²) in [5.41, 5.74) is 3.61. The molecule has 3 rings (SSSR count). The molecule has 0 aliphatic carbocycles. The Kier molecular flexibility index (Phi) is 3.17. The minimum atomic E-state index is -0.217. The number of nitrogens with one attached hydrogen (secondary N) is 1. The largest absolute Gasteiger partial charge is 0.320 e. The first-order valence-electron chi connectivity index (χ1n) is 6.50. The van der Waals surface area contributed by atoms with Crippen LogP contribution in [0.3, 0.4) is 0 Å². The lowest BCUT2D eigenvalue weighted by atomic mass is 10.1. The van der Waals surface area contributed by atoms with E-state index in [9.17, 15) is 4.79 Å². The molecular weight excluding hydrogens is 262 g/mol. The molecular formula is C17H13N3O. The van der Waals surface area contributed by atoms with E-state index in [1.54, 1.807) is 16.7 Å². The Morgan fingerprint density at radius 3 is 3.00 bits per heavy atom. The van der Waals surface area contributed by atoms with Gasteiger partial charge >= 0.3 is 0 Å². The van der Waals surface area contributed by atoms with E-state index >= 15 is 0 Å². The molecule has 21 heavy (non-hydrogen) atoms. The normalized spacial score (nSPS) is 10.3. The Labute approximate surface area is 122 Å². The summed E-state index contributed by atoms with van der Waals surface area (Å²) in [7, 11) is 0. The maximum Gasteiger partial charge on any atom is 0.274 e. The number of hydrogen-bond acceptors (Lipinski definition) is 2. The number of nitrogens with zero attached hydrogens (tertiary/aromatic N) is 2. The van der Waals surface area contributed by atoms with Crippen LogP contribution in [0.1, 0.15) is 21.6 Å². The van der Waals surface area contributed by atoms with Crippen molar-refractivity contribution in [1.29, 1.82) is 0 Å². The number of aryl methyl sites for hydroxylation is 1. The molecule has 2 aromatic heterocycles. The van der Waals surface area contributed by atoms with Gasteiger partial charge in [-0.1, -0.05) is 18.1 Å². The van der Waals surface area contributed by atoms with Crippen molar-refractivity contribution in [2.75, 3.05) is 5.32 Å². The first-order chi connectivity index (χ1) is 10.2. The number of rotatable bonds is 2. The Balaban J connectivity index is 1.95. The standard InChI is InChI=1S/C17H13N3O/c1-3-13-8-7-12(2)14(10-13)19-17(21)15-11-18-16-6-4-5-9-20(15)16/h1,4-11H,2H3,(H,19,21). The number of terminal acetylenes is 1. The fourth-order valence-corrected chi connectivity index (χ4v) is 2.13. The number of fused-ring (bicyclic) bond motifs is 1. The number of pyridine rings is 1. The third kappa shape index (κ3) is 2.37. The summed E-state index contributed by atoms with van der Waals surface area (Å²) < 4.78 is 1.75. The molecule has 1 amide bonds. The summed E-state index contributed by atoms with van der Waals surface area (Å²) in [6.07, 6.45) is 8.76. The van der Waals surface area contributed by atoms with Gasteiger partial charge in [-0.15, -0.1) is 6.42 Å². The van der Waals surface area contributed by atoms with E-state index in [4.69, 9.17) is 6.42 Å². The van der Waals surface area contributed by atoms with Crippen LogP contribution in [0.5, 0.6) is 0 Å². The number of carbonyl (C=O) groups is 1. The van der Waals surface area contributed by atoms with E-state index in [-0.39, 0.29) is 5.91 Å². The number of amides is 1. The van der Waals surface area contributed by atoms with E-state index in [1.165, 1.54) is 0 Å². The topological polar surface area (TPSA) is 46.4 Å². The van der Waals surface area contributed by atoms with Crippen LogP contribution in [0.25, 0.3) is 5.65 Å². The molecule has 0 aliphatic heterocycles. The predicted molar refractivity (Wildman–Crippen MR) is 82.3 cm³/mol. The minimum Gasteiger partial charge on any atom is -0.320 e. The van der Waals surface area contributed by atoms with E-state index < -0.39 is 0 Å². The highest BCUT2D eigenvalue weighted by Gasteiger charge is 2.13. The molecule has 0 bridgehead atoms. The van der Waals surface area contributed by atoms with Gasteiger partial charge < -0.3 is 5.32 Å². The molecule has 102 valence electrons. The van der Waals surface area contributed by atoms with Crippen molar-refractivity contribution < 1.29 is 4.79 Å². The van der Waals surface area contributed by atoms with Gasteiger partial charge in [0.2, 0.25) is 0 Å². The second-order valence-corrected chi connectivity index (χ2v) is 4.70. The van der Waals surface area contributed by atoms with Crippen LogP contribution in [-0.4, -0.2) is 15.3 Å². The Morgan fingerprint density at radius 1 is 1.33 bits per heavy atom. The van der Waals surface area contributed by atoms with E-state index in [0.29, 0.717) is 11.4 Å². The molecule has 3 aromatic rings. The Bertz CT molecular complexity index is 871. The van der Waals surface area contributed by atoms with E-state index in [0.717, 1.165) is 16.8 Å². The van der Waals surface area contributed by atoms with Gasteiger partial charge in [-0.3, -0.25) is 9.20 Å². The van der Waals surface area contributed by atoms with Gasteiger partial charge in [0.1, 0.15) is 11.3 Å². The van der Waals surface area contributed by atoms with Gasteiger partial charge in [0.05, 0.1) is 6.20 Å². The molecule has 1 N–H and O–H groups in total. The average molecular weight is 275 g/mol. The van der Waals surface area contributed by atoms with Crippen molar-refractivity contribution in [2.24, 2.45) is 0 Å². The highest BCUT2D eigenvalue weighted by molar-refractivity contribution is 6.04. The van der Waals surface area contributed by atoms with Crippen LogP contribution in [0.4, 0.5) is 5.69 Å². The number of imidazole rings is 1. The van der Waals surface area contributed by atoms with Crippen LogP contribution in [0.15, 0.2) is 48.8 Å². The molecule has 0 fully saturated rings. The van der Waals surface area contributed by atoms with Crippen LogP contribution in [0, 0.1) is 19.3 Å². The van der Waals surface area contributed by atoms with E-state index in [1.807, 2.05) is 43.5 Å². The molecule has 0 saturated heterocycles. The lowest BCUT2D eigenvalue weighted by Gasteiger charge is -2.08. The van der Waals surface area contributed by atoms with E-state index in [2.05, 4.69) is 16.2 Å². The fourth-order valence-electron chi connectivity index (χ4n) is 2.13. The lowest BCUT2D eigenvalue weighted by molar-refractivity contribution is 0.102. The summed E-state index contributed by atoms with van der Waals surface area (Å²) in [6, 6.07) is 11.1. The SMILES string of the molecule is C#Cc1ccc(C)c(NC(=O)c2cnc3ccccn23)c1. The molecule has 4 nitrogen and oxygen atoms in total. The zero-order valence-corrected chi connectivity index (χ0v) is 11.5. The predicted octanol–water partition coefficient (Wildman–Crippen LogP) is 2.88. The van der Waals surface area contributed by atoms with Gasteiger partial charge in [0, 0.05) is 17.4 Å². The molecule has 0 atom stereocenters. The summed E-state index contributed by atoms with van der Waals surface area (Å²) in [4.78, 5) is 16.6. The zero-order chi connectivity index (χ0) is 14.8. The molecule has 4 heteroatoms. The molecule has 0 spiro atoms. The highest BCUT2D eigenvalue weighted by Crippen LogP contribution is 2.18. The fraction of sp³-hybridized carbons (Fsp3) is 0.0588. The van der Waals surface area contributed by atoms with Gasteiger partial charge in [0.15, 0.2) is 0 Å². The number of carbonyl (C=O) groups excluding carboxylic acids is 1. The number of aromatic nitrogens is 2. The smallest absolute Gasteiger partial charge is 0.274 e. The van der Waals surface area contributed by atoms with Crippen molar-refractivity contribution in [1.82, 2.24) is 9.38 Å². The van der Waals surface area contributed by atoms with Gasteiger partial charge in [-0.05, 0) is 36.8 Å². The average Bonchev–Trinajstić information content (AvgIpc) is 2.93. The van der Waals surface area contributed by atoms with Crippen LogP contribution in [-0.2, 0) is 0 Å². The highest BCUT2D eigenvalue weighted by atomic mass is 16.1. The number of benzene rings is 1. The Hall–Kier alpha value is -3.06. The molecule has 0 radical (unpaired) electrons. The molecule has 0 saturated carbocycles.